The number of nitrogens with zero attached hydrogens (tertiary/aromatic N) is 1. The van der Waals surface area contributed by atoms with Crippen LogP contribution in [0.25, 0.3) is 0 Å². The molecule has 0 saturated carbocycles. The van der Waals surface area contributed by atoms with Crippen LogP contribution in [0.15, 0.2) is 48.8 Å². The van der Waals surface area contributed by atoms with Crippen molar-refractivity contribution in [1.82, 2.24) is 5.32 Å². The summed E-state index contributed by atoms with van der Waals surface area (Å²) in [6, 6.07) is 10.2. The molecule has 0 bridgehead atoms. The molecule has 2 aromatic rings. The van der Waals surface area contributed by atoms with Gasteiger partial charge in [0, 0.05) is 18.7 Å². The van der Waals surface area contributed by atoms with E-state index in [4.69, 9.17) is 0 Å². The zero-order valence-corrected chi connectivity index (χ0v) is 12.2. The van der Waals surface area contributed by atoms with Crippen molar-refractivity contribution in [3.05, 3.63) is 65.7 Å². The van der Waals surface area contributed by atoms with Crippen molar-refractivity contribution in [2.24, 2.45) is 0 Å². The van der Waals surface area contributed by atoms with E-state index in [0.717, 1.165) is 18.4 Å². The molecule has 1 heterocycles. The van der Waals surface area contributed by atoms with Gasteiger partial charge in [-0.1, -0.05) is 25.5 Å². The van der Waals surface area contributed by atoms with Crippen LogP contribution >= 0.6 is 0 Å². The number of benzene rings is 1. The molecular formula is C17H20FN2O+. The van der Waals surface area contributed by atoms with Crippen LogP contribution in [-0.2, 0) is 24.3 Å². The Balaban J connectivity index is 1.82. The number of amides is 1. The van der Waals surface area contributed by atoms with Crippen LogP contribution in [0.4, 0.5) is 4.39 Å². The molecule has 0 aliphatic carbocycles. The largest absolute Gasteiger partial charge is 0.347 e. The van der Waals surface area contributed by atoms with Gasteiger partial charge in [0.1, 0.15) is 5.82 Å². The van der Waals surface area contributed by atoms with Crippen LogP contribution in [0.5, 0.6) is 0 Å². The fourth-order valence-electron chi connectivity index (χ4n) is 2.07. The van der Waals surface area contributed by atoms with E-state index in [0.29, 0.717) is 6.54 Å². The first-order chi connectivity index (χ1) is 10.2. The highest BCUT2D eigenvalue weighted by molar-refractivity contribution is 5.74. The summed E-state index contributed by atoms with van der Waals surface area (Å²) in [4.78, 5) is 11.9. The van der Waals surface area contributed by atoms with E-state index in [2.05, 4.69) is 12.2 Å². The summed E-state index contributed by atoms with van der Waals surface area (Å²) < 4.78 is 14.6. The molecule has 3 nitrogen and oxygen atoms in total. The second kappa shape index (κ2) is 7.53. The minimum Gasteiger partial charge on any atom is -0.347 e. The highest BCUT2D eigenvalue weighted by atomic mass is 19.1. The molecule has 1 aromatic carbocycles. The van der Waals surface area contributed by atoms with E-state index in [1.165, 1.54) is 17.7 Å². The molecule has 1 N–H and O–H groups in total. The van der Waals surface area contributed by atoms with Crippen molar-refractivity contribution >= 4 is 5.91 Å². The fraction of sp³-hybridized carbons (Fsp3) is 0.294. The number of nitrogens with one attached hydrogen (secondary N) is 1. The number of hydrogen-bond acceptors (Lipinski definition) is 1. The summed E-state index contributed by atoms with van der Waals surface area (Å²) in [5.74, 6) is -0.333. The van der Waals surface area contributed by atoms with Crippen molar-refractivity contribution in [1.29, 1.82) is 0 Å². The maximum absolute atomic E-state index is 12.8. The van der Waals surface area contributed by atoms with E-state index >= 15 is 0 Å². The highest BCUT2D eigenvalue weighted by Gasteiger charge is 2.08. The van der Waals surface area contributed by atoms with Crippen LogP contribution < -0.4 is 9.88 Å². The first-order valence-corrected chi connectivity index (χ1v) is 7.16. The molecule has 0 radical (unpaired) electrons. The van der Waals surface area contributed by atoms with Gasteiger partial charge >= 0.3 is 0 Å². The second-order valence-corrected chi connectivity index (χ2v) is 5.03. The molecule has 0 aliphatic heterocycles. The topological polar surface area (TPSA) is 33.0 Å². The van der Waals surface area contributed by atoms with Crippen LogP contribution in [0.1, 0.15) is 24.5 Å². The summed E-state index contributed by atoms with van der Waals surface area (Å²) in [5.41, 5.74) is 2.16. The smallest absolute Gasteiger partial charge is 0.286 e. The van der Waals surface area contributed by atoms with Gasteiger partial charge in [0.25, 0.3) is 5.91 Å². The zero-order chi connectivity index (χ0) is 15.1. The predicted molar refractivity (Wildman–Crippen MR) is 78.9 cm³/mol. The lowest BCUT2D eigenvalue weighted by molar-refractivity contribution is -0.684. The molecule has 4 heteroatoms. The number of carbonyl (C=O) groups excluding carboxylic acids is 1. The SMILES string of the molecule is CCCc1cc[n+](CC(=O)NCc2ccc(F)cc2)cc1. The van der Waals surface area contributed by atoms with Crippen molar-refractivity contribution in [2.75, 3.05) is 0 Å². The van der Waals surface area contributed by atoms with Crippen LogP contribution in [0.3, 0.4) is 0 Å². The molecule has 0 unspecified atom stereocenters. The third kappa shape index (κ3) is 4.99. The molecular weight excluding hydrogens is 267 g/mol. The van der Waals surface area contributed by atoms with Gasteiger partial charge in [-0.2, -0.15) is 4.57 Å². The maximum Gasteiger partial charge on any atom is 0.286 e. The normalized spacial score (nSPS) is 10.4. The average Bonchev–Trinajstić information content (AvgIpc) is 2.49. The van der Waals surface area contributed by atoms with E-state index in [-0.39, 0.29) is 18.3 Å². The first-order valence-electron chi connectivity index (χ1n) is 7.16. The van der Waals surface area contributed by atoms with E-state index < -0.39 is 0 Å². The Morgan fingerprint density at radius 1 is 1.10 bits per heavy atom. The third-order valence-corrected chi connectivity index (χ3v) is 3.23. The number of rotatable bonds is 6. The zero-order valence-electron chi connectivity index (χ0n) is 12.2. The van der Waals surface area contributed by atoms with Crippen LogP contribution in [0, 0.1) is 5.82 Å². The van der Waals surface area contributed by atoms with Gasteiger partial charge in [0.05, 0.1) is 0 Å². The summed E-state index contributed by atoms with van der Waals surface area (Å²) in [5, 5.41) is 2.82. The van der Waals surface area contributed by atoms with Crippen molar-refractivity contribution in [2.45, 2.75) is 32.9 Å². The Labute approximate surface area is 124 Å². The predicted octanol–water partition coefficient (Wildman–Crippen LogP) is 2.38. The van der Waals surface area contributed by atoms with Gasteiger partial charge in [-0.05, 0) is 29.7 Å². The summed E-state index contributed by atoms with van der Waals surface area (Å²) in [6.07, 6.45) is 6.00. The molecule has 110 valence electrons. The number of hydrogen-bond donors (Lipinski definition) is 1. The summed E-state index contributed by atoms with van der Waals surface area (Å²) >= 11 is 0. The van der Waals surface area contributed by atoms with Gasteiger partial charge < -0.3 is 5.32 Å². The number of aryl methyl sites for hydroxylation is 1. The second-order valence-electron chi connectivity index (χ2n) is 5.03. The van der Waals surface area contributed by atoms with Crippen molar-refractivity contribution in [3.8, 4) is 0 Å². The monoisotopic (exact) mass is 287 g/mol. The standard InChI is InChI=1S/C17H19FN2O/c1-2-3-14-8-10-20(11-9-14)13-17(21)19-12-15-4-6-16(18)7-5-15/h4-11H,2-3,12-13H2,1H3/p+1. The lowest BCUT2D eigenvalue weighted by Gasteiger charge is -2.04. The molecule has 0 spiro atoms. The van der Waals surface area contributed by atoms with Gasteiger partial charge in [-0.25, -0.2) is 4.39 Å². The van der Waals surface area contributed by atoms with E-state index in [1.54, 1.807) is 12.1 Å². The van der Waals surface area contributed by atoms with Crippen LogP contribution in [0.2, 0.25) is 0 Å². The lowest BCUT2D eigenvalue weighted by Crippen LogP contribution is -2.42. The van der Waals surface area contributed by atoms with Gasteiger partial charge in [-0.15, -0.1) is 0 Å². The molecule has 2 rings (SSSR count). The number of aromatic nitrogens is 1. The fourth-order valence-corrected chi connectivity index (χ4v) is 2.07. The van der Waals surface area contributed by atoms with Crippen LogP contribution in [-0.4, -0.2) is 5.91 Å². The minimum absolute atomic E-state index is 0.0624. The Morgan fingerprint density at radius 3 is 2.38 bits per heavy atom. The Hall–Kier alpha value is -2.23. The lowest BCUT2D eigenvalue weighted by atomic mass is 10.1. The molecule has 0 fully saturated rings. The average molecular weight is 287 g/mol. The highest BCUT2D eigenvalue weighted by Crippen LogP contribution is 2.02. The molecule has 1 amide bonds. The molecule has 0 atom stereocenters. The Morgan fingerprint density at radius 2 is 1.76 bits per heavy atom. The molecule has 21 heavy (non-hydrogen) atoms. The number of pyridine rings is 1. The van der Waals surface area contributed by atoms with E-state index in [1.807, 2.05) is 29.1 Å². The molecule has 0 saturated heterocycles. The molecule has 1 aromatic heterocycles. The molecule has 0 aliphatic rings. The first kappa shape index (κ1) is 15.2. The van der Waals surface area contributed by atoms with Gasteiger partial charge in [0.15, 0.2) is 12.4 Å². The van der Waals surface area contributed by atoms with Crippen molar-refractivity contribution < 1.29 is 13.8 Å². The van der Waals surface area contributed by atoms with Gasteiger partial charge in [0.2, 0.25) is 6.54 Å². The Kier molecular flexibility index (Phi) is 5.43. The number of carbonyl (C=O) groups is 1. The van der Waals surface area contributed by atoms with Gasteiger partial charge in [-0.3, -0.25) is 4.79 Å². The van der Waals surface area contributed by atoms with E-state index in [9.17, 15) is 9.18 Å². The summed E-state index contributed by atoms with van der Waals surface area (Å²) in [7, 11) is 0. The quantitative estimate of drug-likeness (QED) is 0.813. The maximum atomic E-state index is 12.8. The minimum atomic E-state index is -0.271. The Bertz CT molecular complexity index is 579. The van der Waals surface area contributed by atoms with Crippen molar-refractivity contribution in [3.63, 3.8) is 0 Å². The number of halogens is 1. The summed E-state index contributed by atoms with van der Waals surface area (Å²) in [6.45, 7) is 2.84. The third-order valence-electron chi connectivity index (χ3n) is 3.23.